The molecule has 0 saturated heterocycles. The van der Waals surface area contributed by atoms with Gasteiger partial charge in [-0.3, -0.25) is 37.3 Å². The van der Waals surface area contributed by atoms with E-state index in [1.54, 1.807) is 0 Å². The maximum absolute atomic E-state index is 13.1. The first-order valence-corrected chi connectivity index (χ1v) is 43.4. The lowest BCUT2D eigenvalue weighted by Gasteiger charge is -2.21. The summed E-state index contributed by atoms with van der Waals surface area (Å²) in [7, 11) is -9.91. The molecule has 3 unspecified atom stereocenters. The SMILES string of the molecule is CCCCCCCCCCCCCCCC(=O)OC[C@H](COP(=O)(O)OC[C@@H](O)COP(=O)(O)OC[C@@H](COC(=O)CCCCCCCCCCC(C)C)OC(=O)CCCCCCCCCCC(C)C)OC(=O)CCCCCCCCCCCCCCCCCCCCC(C)CC. The zero-order chi connectivity index (χ0) is 71.6. The van der Waals surface area contributed by atoms with Gasteiger partial charge in [-0.1, -0.05) is 350 Å². The Morgan fingerprint density at radius 2 is 0.526 bits per heavy atom. The zero-order valence-corrected chi connectivity index (χ0v) is 65.3. The molecule has 0 amide bonds. The molecule has 0 heterocycles. The molecule has 0 aromatic carbocycles. The molecule has 0 saturated carbocycles. The topological polar surface area (TPSA) is 237 Å². The Balaban J connectivity index is 5.19. The number of carbonyl (C=O) groups is 4. The van der Waals surface area contributed by atoms with Crippen LogP contribution in [-0.4, -0.2) is 96.7 Å². The standard InChI is InChI=1S/C78H152O17P2/c1-8-10-11-12-13-14-15-22-26-29-38-45-52-59-75(80)88-65-73(94-77(82)61-54-47-40-30-27-24-21-19-17-16-18-20-23-25-28-37-44-51-58-71(7)9-2)67-92-96(84,85)90-63-72(79)64-91-97(86,87)93-68-74(95-78(83)62-55-48-41-34-32-36-43-50-57-70(5)6)66-89-76(81)60-53-46-39-33-31-35-42-49-56-69(3)4/h69-74,79H,8-68H2,1-7H3,(H,84,85)(H,86,87)/t71?,72-,73-,74-/m1/s1. The Bertz CT molecular complexity index is 1890. The highest BCUT2D eigenvalue weighted by Crippen LogP contribution is 2.45. The molecule has 0 spiro atoms. The molecule has 3 N–H and O–H groups in total. The smallest absolute Gasteiger partial charge is 0.462 e. The van der Waals surface area contributed by atoms with E-state index in [0.29, 0.717) is 25.7 Å². The second-order valence-corrected chi connectivity index (χ2v) is 32.2. The highest BCUT2D eigenvalue weighted by molar-refractivity contribution is 7.47. The Labute approximate surface area is 594 Å². The van der Waals surface area contributed by atoms with Crippen LogP contribution < -0.4 is 0 Å². The Hall–Kier alpha value is -1.94. The number of aliphatic hydroxyl groups is 1. The summed E-state index contributed by atoms with van der Waals surface area (Å²) in [5.41, 5.74) is 0. The Kier molecular flexibility index (Phi) is 67.1. The van der Waals surface area contributed by atoms with E-state index in [0.717, 1.165) is 108 Å². The normalized spacial score (nSPS) is 14.3. The maximum Gasteiger partial charge on any atom is 0.472 e. The monoisotopic (exact) mass is 1420 g/mol. The van der Waals surface area contributed by atoms with Gasteiger partial charge in [0.25, 0.3) is 0 Å². The van der Waals surface area contributed by atoms with Crippen molar-refractivity contribution in [3.63, 3.8) is 0 Å². The summed E-state index contributed by atoms with van der Waals surface area (Å²) in [4.78, 5) is 72.8. The van der Waals surface area contributed by atoms with Gasteiger partial charge in [0, 0.05) is 25.7 Å². The molecule has 0 aliphatic rings. The minimum atomic E-state index is -4.96. The molecule has 6 atom stereocenters. The molecule has 0 bridgehead atoms. The number of hydrogen-bond donors (Lipinski definition) is 3. The third kappa shape index (κ3) is 70.9. The quantitative estimate of drug-likeness (QED) is 0.0222. The predicted octanol–water partition coefficient (Wildman–Crippen LogP) is 23.0. The molecule has 0 rings (SSSR count). The van der Waals surface area contributed by atoms with Crippen LogP contribution in [0.3, 0.4) is 0 Å². The van der Waals surface area contributed by atoms with Crippen molar-refractivity contribution in [3.8, 4) is 0 Å². The number of ether oxygens (including phenoxy) is 4. The van der Waals surface area contributed by atoms with Gasteiger partial charge in [-0.25, -0.2) is 9.13 Å². The van der Waals surface area contributed by atoms with Crippen molar-refractivity contribution in [1.82, 2.24) is 0 Å². The van der Waals surface area contributed by atoms with Crippen LogP contribution in [0, 0.1) is 17.8 Å². The van der Waals surface area contributed by atoms with Crippen LogP contribution in [0.5, 0.6) is 0 Å². The van der Waals surface area contributed by atoms with Crippen LogP contribution in [0.1, 0.15) is 402 Å². The second kappa shape index (κ2) is 68.5. The molecular formula is C78H152O17P2. The summed E-state index contributed by atoms with van der Waals surface area (Å²) in [5.74, 6) is 0.198. The van der Waals surface area contributed by atoms with Gasteiger partial charge in [0.15, 0.2) is 12.2 Å². The number of phosphoric ester groups is 2. The third-order valence-corrected chi connectivity index (χ3v) is 20.4. The first-order valence-electron chi connectivity index (χ1n) is 40.4. The second-order valence-electron chi connectivity index (χ2n) is 29.3. The molecule has 19 heteroatoms. The molecule has 17 nitrogen and oxygen atoms in total. The molecule has 0 radical (unpaired) electrons. The van der Waals surface area contributed by atoms with Crippen LogP contribution in [0.25, 0.3) is 0 Å². The minimum absolute atomic E-state index is 0.104. The van der Waals surface area contributed by atoms with Crippen molar-refractivity contribution < 1.29 is 80.2 Å². The molecule has 97 heavy (non-hydrogen) atoms. The summed E-state index contributed by atoms with van der Waals surface area (Å²) >= 11 is 0. The van der Waals surface area contributed by atoms with E-state index >= 15 is 0 Å². The molecule has 0 fully saturated rings. The number of carbonyl (C=O) groups excluding carboxylic acids is 4. The van der Waals surface area contributed by atoms with Crippen molar-refractivity contribution in [3.05, 3.63) is 0 Å². The van der Waals surface area contributed by atoms with Crippen LogP contribution in [-0.2, 0) is 65.4 Å². The van der Waals surface area contributed by atoms with E-state index < -0.39 is 97.5 Å². The number of aliphatic hydroxyl groups excluding tert-OH is 1. The Morgan fingerprint density at radius 1 is 0.299 bits per heavy atom. The van der Waals surface area contributed by atoms with E-state index in [9.17, 15) is 43.2 Å². The summed E-state index contributed by atoms with van der Waals surface area (Å²) in [5, 5.41) is 10.6. The number of rotatable bonds is 76. The zero-order valence-electron chi connectivity index (χ0n) is 63.5. The van der Waals surface area contributed by atoms with Crippen LogP contribution in [0.15, 0.2) is 0 Å². The fraction of sp³-hybridized carbons (Fsp3) is 0.949. The average molecular weight is 1420 g/mol. The summed E-state index contributed by atoms with van der Waals surface area (Å²) in [6, 6.07) is 0. The molecular weight excluding hydrogens is 1270 g/mol. The van der Waals surface area contributed by atoms with Crippen molar-refractivity contribution >= 4 is 39.5 Å². The highest BCUT2D eigenvalue weighted by Gasteiger charge is 2.30. The van der Waals surface area contributed by atoms with Gasteiger partial charge in [-0.2, -0.15) is 0 Å². The lowest BCUT2D eigenvalue weighted by Crippen LogP contribution is -2.30. The first kappa shape index (κ1) is 95.1. The van der Waals surface area contributed by atoms with E-state index in [1.807, 2.05) is 0 Å². The van der Waals surface area contributed by atoms with Gasteiger partial charge >= 0.3 is 39.5 Å². The number of phosphoric acid groups is 2. The number of esters is 4. The number of hydrogen-bond acceptors (Lipinski definition) is 15. The van der Waals surface area contributed by atoms with Gasteiger partial charge < -0.3 is 33.8 Å². The van der Waals surface area contributed by atoms with Crippen molar-refractivity contribution in [2.24, 2.45) is 17.8 Å². The molecule has 0 aliphatic heterocycles. The number of unbranched alkanes of at least 4 members (excludes halogenated alkanes) is 43. The summed E-state index contributed by atoms with van der Waals surface area (Å²) in [6.07, 6.45) is 55.6. The lowest BCUT2D eigenvalue weighted by atomic mass is 9.99. The van der Waals surface area contributed by atoms with Crippen molar-refractivity contribution in [2.75, 3.05) is 39.6 Å². The van der Waals surface area contributed by atoms with Gasteiger partial charge in [0.2, 0.25) is 0 Å². The molecule has 0 aromatic heterocycles. The lowest BCUT2D eigenvalue weighted by molar-refractivity contribution is -0.161. The fourth-order valence-corrected chi connectivity index (χ4v) is 13.5. The fourth-order valence-electron chi connectivity index (χ4n) is 11.9. The van der Waals surface area contributed by atoms with Crippen LogP contribution in [0.4, 0.5) is 0 Å². The summed E-state index contributed by atoms with van der Waals surface area (Å²) in [6.45, 7) is 11.9. The van der Waals surface area contributed by atoms with E-state index in [1.165, 1.54) is 212 Å². The Morgan fingerprint density at radius 3 is 0.784 bits per heavy atom. The van der Waals surface area contributed by atoms with Crippen molar-refractivity contribution in [1.29, 1.82) is 0 Å². The van der Waals surface area contributed by atoms with Crippen LogP contribution in [0.2, 0.25) is 0 Å². The van der Waals surface area contributed by atoms with Gasteiger partial charge in [-0.05, 0) is 43.4 Å². The van der Waals surface area contributed by atoms with Crippen LogP contribution >= 0.6 is 15.6 Å². The predicted molar refractivity (Wildman–Crippen MR) is 395 cm³/mol. The van der Waals surface area contributed by atoms with Gasteiger partial charge in [0.1, 0.15) is 19.3 Å². The van der Waals surface area contributed by atoms with Gasteiger partial charge in [0.05, 0.1) is 26.4 Å². The van der Waals surface area contributed by atoms with E-state index in [2.05, 4.69) is 48.5 Å². The molecule has 0 aromatic rings. The maximum atomic E-state index is 13.1. The van der Waals surface area contributed by atoms with Gasteiger partial charge in [-0.15, -0.1) is 0 Å². The first-order chi connectivity index (χ1) is 46.8. The van der Waals surface area contributed by atoms with E-state index in [-0.39, 0.29) is 25.7 Å². The summed E-state index contributed by atoms with van der Waals surface area (Å²) < 4.78 is 68.5. The average Bonchev–Trinajstić information content (AvgIpc) is 1.65. The third-order valence-electron chi connectivity index (χ3n) is 18.5. The molecule has 576 valence electrons. The highest BCUT2D eigenvalue weighted by atomic mass is 31.2. The van der Waals surface area contributed by atoms with Crippen molar-refractivity contribution in [2.45, 2.75) is 420 Å². The van der Waals surface area contributed by atoms with E-state index in [4.69, 9.17) is 37.0 Å². The largest absolute Gasteiger partial charge is 0.472 e. The minimum Gasteiger partial charge on any atom is -0.462 e. The molecule has 0 aliphatic carbocycles.